The molecule has 0 aliphatic rings. The van der Waals surface area contributed by atoms with Crippen LogP contribution in [0, 0.1) is 5.41 Å². The topological polar surface area (TPSA) is 64.3 Å². The van der Waals surface area contributed by atoms with E-state index in [-0.39, 0.29) is 17.4 Å². The Balaban J connectivity index is 4.00. The molecule has 0 spiro atoms. The summed E-state index contributed by atoms with van der Waals surface area (Å²) in [6, 6.07) is 0.144. The van der Waals surface area contributed by atoms with Crippen molar-refractivity contribution in [3.63, 3.8) is 0 Å². The van der Waals surface area contributed by atoms with Gasteiger partial charge in [-0.05, 0) is 31.2 Å². The molecule has 0 saturated carbocycles. The van der Waals surface area contributed by atoms with Gasteiger partial charge in [-0.15, -0.1) is 0 Å². The number of rotatable bonds is 10. The Morgan fingerprint density at radius 2 is 2.06 bits per heavy atom. The van der Waals surface area contributed by atoms with Crippen molar-refractivity contribution in [2.24, 2.45) is 11.1 Å². The Morgan fingerprint density at radius 1 is 1.39 bits per heavy atom. The summed E-state index contributed by atoms with van der Waals surface area (Å²) in [7, 11) is 1.67. The lowest BCUT2D eigenvalue weighted by Crippen LogP contribution is -2.38. The second kappa shape index (κ2) is 9.34. The van der Waals surface area contributed by atoms with Crippen LogP contribution in [0.25, 0.3) is 0 Å². The van der Waals surface area contributed by atoms with Crippen molar-refractivity contribution in [2.75, 3.05) is 20.3 Å². The summed E-state index contributed by atoms with van der Waals surface area (Å²) in [6.07, 6.45) is 4.41. The first-order chi connectivity index (χ1) is 8.45. The van der Waals surface area contributed by atoms with Crippen molar-refractivity contribution in [2.45, 2.75) is 58.9 Å². The van der Waals surface area contributed by atoms with Crippen LogP contribution in [0.15, 0.2) is 0 Å². The third kappa shape index (κ3) is 8.48. The van der Waals surface area contributed by atoms with Crippen molar-refractivity contribution in [1.29, 1.82) is 0 Å². The molecule has 4 heteroatoms. The van der Waals surface area contributed by atoms with Gasteiger partial charge < -0.3 is 15.8 Å². The molecule has 18 heavy (non-hydrogen) atoms. The molecule has 3 N–H and O–H groups in total. The maximum absolute atomic E-state index is 11.9. The predicted molar refractivity (Wildman–Crippen MR) is 75.4 cm³/mol. The molecule has 0 aromatic heterocycles. The lowest BCUT2D eigenvalue weighted by Gasteiger charge is -2.24. The predicted octanol–water partition coefficient (Wildman–Crippen LogP) is 2.07. The number of carbonyl (C=O) groups excluding carboxylic acids is 1. The Kier molecular flexibility index (Phi) is 9.02. The average Bonchev–Trinajstić information content (AvgIpc) is 2.27. The summed E-state index contributed by atoms with van der Waals surface area (Å²) in [5, 5.41) is 3.04. The maximum Gasteiger partial charge on any atom is 0.220 e. The molecule has 0 bridgehead atoms. The minimum Gasteiger partial charge on any atom is -0.383 e. The number of nitrogens with two attached hydrogens (primary N) is 1. The highest BCUT2D eigenvalue weighted by atomic mass is 16.5. The van der Waals surface area contributed by atoms with E-state index in [4.69, 9.17) is 10.5 Å². The van der Waals surface area contributed by atoms with Crippen LogP contribution in [0.2, 0.25) is 0 Å². The summed E-state index contributed by atoms with van der Waals surface area (Å²) in [5.41, 5.74) is 5.71. The highest BCUT2D eigenvalue weighted by molar-refractivity contribution is 5.76. The molecule has 0 saturated heterocycles. The summed E-state index contributed by atoms with van der Waals surface area (Å²) >= 11 is 0. The van der Waals surface area contributed by atoms with Gasteiger partial charge in [-0.1, -0.05) is 27.2 Å². The fourth-order valence-corrected chi connectivity index (χ4v) is 2.01. The lowest BCUT2D eigenvalue weighted by molar-refractivity contribution is -0.122. The zero-order valence-corrected chi connectivity index (χ0v) is 12.4. The molecule has 1 unspecified atom stereocenters. The van der Waals surface area contributed by atoms with Gasteiger partial charge in [0.2, 0.25) is 5.91 Å². The van der Waals surface area contributed by atoms with Crippen LogP contribution in [0.4, 0.5) is 0 Å². The molecule has 1 amide bonds. The first-order valence-electron chi connectivity index (χ1n) is 6.93. The largest absolute Gasteiger partial charge is 0.383 e. The number of hydrogen-bond donors (Lipinski definition) is 2. The average molecular weight is 258 g/mol. The smallest absolute Gasteiger partial charge is 0.220 e. The molecule has 0 aliphatic carbocycles. The normalized spacial score (nSPS) is 13.4. The van der Waals surface area contributed by atoms with Crippen LogP contribution in [-0.4, -0.2) is 32.2 Å². The van der Waals surface area contributed by atoms with Gasteiger partial charge in [0.05, 0.1) is 12.6 Å². The molecule has 4 nitrogen and oxygen atoms in total. The van der Waals surface area contributed by atoms with E-state index < -0.39 is 0 Å². The van der Waals surface area contributed by atoms with E-state index in [2.05, 4.69) is 26.1 Å². The highest BCUT2D eigenvalue weighted by Gasteiger charge is 2.19. The molecular weight excluding hydrogens is 228 g/mol. The number of hydrogen-bond acceptors (Lipinski definition) is 3. The van der Waals surface area contributed by atoms with Crippen molar-refractivity contribution >= 4 is 5.91 Å². The number of carbonyl (C=O) groups is 1. The Bertz CT molecular complexity index is 224. The first kappa shape index (κ1) is 17.4. The van der Waals surface area contributed by atoms with Gasteiger partial charge in [-0.2, -0.15) is 0 Å². The van der Waals surface area contributed by atoms with Crippen LogP contribution in [0.3, 0.4) is 0 Å². The van der Waals surface area contributed by atoms with E-state index >= 15 is 0 Å². The molecule has 108 valence electrons. The number of nitrogens with one attached hydrogen (secondary N) is 1. The van der Waals surface area contributed by atoms with Crippen LogP contribution < -0.4 is 11.1 Å². The van der Waals surface area contributed by atoms with Crippen LogP contribution >= 0.6 is 0 Å². The molecule has 0 fully saturated rings. The second-order valence-electron chi connectivity index (χ2n) is 5.71. The molecular formula is C14H30N2O2. The van der Waals surface area contributed by atoms with Gasteiger partial charge in [-0.25, -0.2) is 0 Å². The van der Waals surface area contributed by atoms with Gasteiger partial charge in [0.15, 0.2) is 0 Å². The number of ether oxygens (including phenoxy) is 1. The zero-order chi connectivity index (χ0) is 14.0. The minimum absolute atomic E-state index is 0.121. The standard InChI is InChI=1S/C14H30N2O2/c1-5-6-12(11-18-4)16-13(17)7-8-14(2,3)9-10-15/h12H,5-11,15H2,1-4H3,(H,16,17). The second-order valence-corrected chi connectivity index (χ2v) is 5.71. The van der Waals surface area contributed by atoms with Crippen molar-refractivity contribution in [1.82, 2.24) is 5.32 Å². The van der Waals surface area contributed by atoms with Gasteiger partial charge in [-0.3, -0.25) is 4.79 Å². The third-order valence-corrected chi connectivity index (χ3v) is 3.22. The fourth-order valence-electron chi connectivity index (χ4n) is 2.01. The van der Waals surface area contributed by atoms with Crippen molar-refractivity contribution < 1.29 is 9.53 Å². The maximum atomic E-state index is 11.9. The quantitative estimate of drug-likeness (QED) is 0.630. The van der Waals surface area contributed by atoms with E-state index in [0.29, 0.717) is 19.6 Å². The van der Waals surface area contributed by atoms with Gasteiger partial charge in [0.25, 0.3) is 0 Å². The molecule has 0 rings (SSSR count). The molecule has 0 aliphatic heterocycles. The molecule has 0 aromatic carbocycles. The molecule has 0 heterocycles. The van der Waals surface area contributed by atoms with Gasteiger partial charge in [0, 0.05) is 13.5 Å². The van der Waals surface area contributed by atoms with Crippen LogP contribution in [-0.2, 0) is 9.53 Å². The minimum atomic E-state index is 0.121. The first-order valence-corrected chi connectivity index (χ1v) is 6.93. The SMILES string of the molecule is CCCC(COC)NC(=O)CCC(C)(C)CCN. The summed E-state index contributed by atoms with van der Waals surface area (Å²) in [6.45, 7) is 7.69. The molecule has 0 radical (unpaired) electrons. The Hall–Kier alpha value is -0.610. The molecule has 1 atom stereocenters. The Morgan fingerprint density at radius 3 is 2.56 bits per heavy atom. The fraction of sp³-hybridized carbons (Fsp3) is 0.929. The third-order valence-electron chi connectivity index (χ3n) is 3.22. The summed E-state index contributed by atoms with van der Waals surface area (Å²) in [5.74, 6) is 0.121. The van der Waals surface area contributed by atoms with E-state index in [1.807, 2.05) is 0 Å². The number of methoxy groups -OCH3 is 1. The van der Waals surface area contributed by atoms with Crippen molar-refractivity contribution in [3.8, 4) is 0 Å². The van der Waals surface area contributed by atoms with E-state index in [0.717, 1.165) is 25.7 Å². The highest BCUT2D eigenvalue weighted by Crippen LogP contribution is 2.25. The lowest BCUT2D eigenvalue weighted by atomic mass is 9.84. The van der Waals surface area contributed by atoms with Crippen LogP contribution in [0.5, 0.6) is 0 Å². The van der Waals surface area contributed by atoms with Crippen LogP contribution in [0.1, 0.15) is 52.9 Å². The Labute approximate surface area is 112 Å². The zero-order valence-electron chi connectivity index (χ0n) is 12.4. The van der Waals surface area contributed by atoms with Crippen molar-refractivity contribution in [3.05, 3.63) is 0 Å². The summed E-state index contributed by atoms with van der Waals surface area (Å²) in [4.78, 5) is 11.9. The van der Waals surface area contributed by atoms with Gasteiger partial charge >= 0.3 is 0 Å². The van der Waals surface area contributed by atoms with E-state index in [1.54, 1.807) is 7.11 Å². The number of amides is 1. The molecule has 0 aromatic rings. The van der Waals surface area contributed by atoms with Gasteiger partial charge in [0.1, 0.15) is 0 Å². The monoisotopic (exact) mass is 258 g/mol. The summed E-state index contributed by atoms with van der Waals surface area (Å²) < 4.78 is 5.11. The van der Waals surface area contributed by atoms with E-state index in [1.165, 1.54) is 0 Å². The van der Waals surface area contributed by atoms with E-state index in [9.17, 15) is 4.79 Å².